The number of fused-ring (bicyclic) bond motifs is 1. The Morgan fingerprint density at radius 1 is 1.38 bits per heavy atom. The molecule has 0 saturated carbocycles. The Bertz CT molecular complexity index is 813. The molecule has 2 aromatic heterocycles. The fraction of sp³-hybridized carbons (Fsp3) is 0.250. The van der Waals surface area contributed by atoms with Crippen molar-refractivity contribution in [1.82, 2.24) is 19.9 Å². The van der Waals surface area contributed by atoms with E-state index in [-0.39, 0.29) is 5.91 Å². The van der Waals surface area contributed by atoms with Gasteiger partial charge in [-0.1, -0.05) is 0 Å². The molecule has 0 radical (unpaired) electrons. The average Bonchev–Trinajstić information content (AvgIpc) is 3.01. The molecule has 21 heavy (non-hydrogen) atoms. The highest BCUT2D eigenvalue weighted by atomic mass is 16.1. The molecule has 0 aliphatic carbocycles. The van der Waals surface area contributed by atoms with Gasteiger partial charge in [-0.25, -0.2) is 4.98 Å². The van der Waals surface area contributed by atoms with E-state index in [1.54, 1.807) is 6.20 Å². The van der Waals surface area contributed by atoms with Gasteiger partial charge < -0.3 is 14.9 Å². The van der Waals surface area contributed by atoms with Crippen molar-refractivity contribution in [3.63, 3.8) is 0 Å². The number of nitrogens with zero attached hydrogens (tertiary/aromatic N) is 2. The van der Waals surface area contributed by atoms with Crippen LogP contribution in [0.4, 0.5) is 0 Å². The van der Waals surface area contributed by atoms with E-state index in [1.807, 2.05) is 42.9 Å². The molecule has 2 heterocycles. The van der Waals surface area contributed by atoms with Crippen LogP contribution in [0.25, 0.3) is 10.9 Å². The van der Waals surface area contributed by atoms with E-state index in [0.717, 1.165) is 22.4 Å². The minimum atomic E-state index is -0.0850. The molecule has 2 N–H and O–H groups in total. The highest BCUT2D eigenvalue weighted by molar-refractivity contribution is 5.98. The lowest BCUT2D eigenvalue weighted by atomic mass is 10.1. The third kappa shape index (κ3) is 2.42. The van der Waals surface area contributed by atoms with Crippen molar-refractivity contribution in [3.05, 3.63) is 53.2 Å². The van der Waals surface area contributed by atoms with Crippen molar-refractivity contribution in [2.45, 2.75) is 20.4 Å². The summed E-state index contributed by atoms with van der Waals surface area (Å²) in [6.45, 7) is 4.52. The van der Waals surface area contributed by atoms with Crippen LogP contribution in [0.5, 0.6) is 0 Å². The number of nitrogens with one attached hydrogen (secondary N) is 2. The van der Waals surface area contributed by atoms with Crippen molar-refractivity contribution in [2.75, 3.05) is 0 Å². The van der Waals surface area contributed by atoms with Crippen LogP contribution >= 0.6 is 0 Å². The molecule has 0 unspecified atom stereocenters. The first-order valence-electron chi connectivity index (χ1n) is 6.89. The zero-order chi connectivity index (χ0) is 15.0. The summed E-state index contributed by atoms with van der Waals surface area (Å²) < 4.78 is 1.89. The Balaban J connectivity index is 1.81. The number of carbonyl (C=O) groups excluding carboxylic acids is 1. The van der Waals surface area contributed by atoms with Crippen LogP contribution in [0, 0.1) is 13.8 Å². The van der Waals surface area contributed by atoms with Gasteiger partial charge in [0.2, 0.25) is 0 Å². The fourth-order valence-electron chi connectivity index (χ4n) is 2.43. The van der Waals surface area contributed by atoms with Gasteiger partial charge in [-0.2, -0.15) is 0 Å². The second kappa shape index (κ2) is 5.09. The minimum absolute atomic E-state index is 0.0850. The molecule has 0 saturated heterocycles. The SMILES string of the molecule is Cc1[nH]c2ccc(C(=O)NCc3nccn3C)cc2c1C. The fourth-order valence-corrected chi connectivity index (χ4v) is 2.43. The van der Waals surface area contributed by atoms with E-state index in [1.165, 1.54) is 5.56 Å². The van der Waals surface area contributed by atoms with Crippen LogP contribution in [0.1, 0.15) is 27.4 Å². The van der Waals surface area contributed by atoms with Crippen LogP contribution in [0.2, 0.25) is 0 Å². The summed E-state index contributed by atoms with van der Waals surface area (Å²) in [5.74, 6) is 0.747. The van der Waals surface area contributed by atoms with Crippen molar-refractivity contribution in [2.24, 2.45) is 7.05 Å². The van der Waals surface area contributed by atoms with Gasteiger partial charge in [0.25, 0.3) is 5.91 Å². The summed E-state index contributed by atoms with van der Waals surface area (Å²) in [6, 6.07) is 5.72. The number of amides is 1. The monoisotopic (exact) mass is 282 g/mol. The molecular weight excluding hydrogens is 264 g/mol. The van der Waals surface area contributed by atoms with Gasteiger partial charge in [-0.15, -0.1) is 0 Å². The van der Waals surface area contributed by atoms with E-state index in [0.29, 0.717) is 12.1 Å². The maximum atomic E-state index is 12.3. The van der Waals surface area contributed by atoms with Gasteiger partial charge in [0, 0.05) is 41.6 Å². The van der Waals surface area contributed by atoms with Crippen molar-refractivity contribution >= 4 is 16.8 Å². The number of imidazole rings is 1. The Kier molecular flexibility index (Phi) is 3.25. The maximum Gasteiger partial charge on any atom is 0.251 e. The summed E-state index contributed by atoms with van der Waals surface area (Å²) in [6.07, 6.45) is 3.58. The lowest BCUT2D eigenvalue weighted by molar-refractivity contribution is 0.0950. The number of hydrogen-bond acceptors (Lipinski definition) is 2. The number of benzene rings is 1. The van der Waals surface area contributed by atoms with Crippen molar-refractivity contribution in [3.8, 4) is 0 Å². The molecule has 0 spiro atoms. The molecule has 5 heteroatoms. The van der Waals surface area contributed by atoms with E-state index >= 15 is 0 Å². The third-order valence-corrected chi connectivity index (χ3v) is 3.90. The average molecular weight is 282 g/mol. The van der Waals surface area contributed by atoms with Gasteiger partial charge in [0.1, 0.15) is 5.82 Å². The number of H-pyrrole nitrogens is 1. The van der Waals surface area contributed by atoms with Gasteiger partial charge in [0.05, 0.1) is 6.54 Å². The van der Waals surface area contributed by atoms with E-state index in [2.05, 4.69) is 22.2 Å². The smallest absolute Gasteiger partial charge is 0.251 e. The number of aromatic nitrogens is 3. The molecule has 1 amide bonds. The zero-order valence-corrected chi connectivity index (χ0v) is 12.4. The number of hydrogen-bond donors (Lipinski definition) is 2. The molecular formula is C16H18N4O. The molecule has 0 aliphatic heterocycles. The lowest BCUT2D eigenvalue weighted by Gasteiger charge is -2.06. The number of aromatic amines is 1. The van der Waals surface area contributed by atoms with Crippen LogP contribution in [0.3, 0.4) is 0 Å². The van der Waals surface area contributed by atoms with Crippen molar-refractivity contribution in [1.29, 1.82) is 0 Å². The first-order chi connectivity index (χ1) is 10.1. The molecule has 0 aliphatic rings. The standard InChI is InChI=1S/C16H18N4O/c1-10-11(2)19-14-5-4-12(8-13(10)14)16(21)18-9-15-17-6-7-20(15)3/h4-8,19H,9H2,1-3H3,(H,18,21). The largest absolute Gasteiger partial charge is 0.358 e. The van der Waals surface area contributed by atoms with Crippen LogP contribution in [-0.2, 0) is 13.6 Å². The summed E-state index contributed by atoms with van der Waals surface area (Å²) in [5, 5.41) is 4.00. The molecule has 0 atom stereocenters. The Morgan fingerprint density at radius 2 is 2.19 bits per heavy atom. The van der Waals surface area contributed by atoms with Gasteiger partial charge in [-0.3, -0.25) is 4.79 Å². The molecule has 0 fully saturated rings. The van der Waals surface area contributed by atoms with E-state index in [9.17, 15) is 4.79 Å². The Morgan fingerprint density at radius 3 is 2.90 bits per heavy atom. The van der Waals surface area contributed by atoms with Crippen LogP contribution in [-0.4, -0.2) is 20.4 Å². The first-order valence-corrected chi connectivity index (χ1v) is 6.89. The molecule has 0 bridgehead atoms. The van der Waals surface area contributed by atoms with Gasteiger partial charge >= 0.3 is 0 Å². The number of rotatable bonds is 3. The van der Waals surface area contributed by atoms with Gasteiger partial charge in [0.15, 0.2) is 0 Å². The molecule has 1 aromatic carbocycles. The highest BCUT2D eigenvalue weighted by Gasteiger charge is 2.10. The maximum absolute atomic E-state index is 12.3. The van der Waals surface area contributed by atoms with Crippen molar-refractivity contribution < 1.29 is 4.79 Å². The first kappa shape index (κ1) is 13.4. The topological polar surface area (TPSA) is 62.7 Å². The summed E-state index contributed by atoms with van der Waals surface area (Å²) in [4.78, 5) is 19.8. The van der Waals surface area contributed by atoms with E-state index in [4.69, 9.17) is 0 Å². The normalized spacial score (nSPS) is 11.0. The Labute approximate surface area is 123 Å². The molecule has 3 aromatic rings. The predicted octanol–water partition coefficient (Wildman–Crippen LogP) is 2.45. The molecule has 5 nitrogen and oxygen atoms in total. The molecule has 3 rings (SSSR count). The summed E-state index contributed by atoms with van der Waals surface area (Å²) >= 11 is 0. The lowest BCUT2D eigenvalue weighted by Crippen LogP contribution is -2.24. The van der Waals surface area contributed by atoms with Crippen LogP contribution < -0.4 is 5.32 Å². The molecule has 108 valence electrons. The van der Waals surface area contributed by atoms with Gasteiger partial charge in [-0.05, 0) is 37.6 Å². The predicted molar refractivity (Wildman–Crippen MR) is 82.2 cm³/mol. The second-order valence-electron chi connectivity index (χ2n) is 5.27. The summed E-state index contributed by atoms with van der Waals surface area (Å²) in [7, 11) is 1.91. The van der Waals surface area contributed by atoms with E-state index < -0.39 is 0 Å². The highest BCUT2D eigenvalue weighted by Crippen LogP contribution is 2.22. The third-order valence-electron chi connectivity index (χ3n) is 3.90. The quantitative estimate of drug-likeness (QED) is 0.775. The minimum Gasteiger partial charge on any atom is -0.358 e. The van der Waals surface area contributed by atoms with Crippen LogP contribution in [0.15, 0.2) is 30.6 Å². The summed E-state index contributed by atoms with van der Waals surface area (Å²) in [5.41, 5.74) is 4.05. The number of aryl methyl sites for hydroxylation is 3. The zero-order valence-electron chi connectivity index (χ0n) is 12.4. The second-order valence-corrected chi connectivity index (χ2v) is 5.27. The Hall–Kier alpha value is -2.56. The number of carbonyl (C=O) groups is 1.